The number of carboxylic acids is 1. The molecule has 1 atom stereocenters. The molecule has 3 nitrogen and oxygen atoms in total. The van der Waals surface area contributed by atoms with Crippen molar-refractivity contribution in [1.29, 1.82) is 0 Å². The summed E-state index contributed by atoms with van der Waals surface area (Å²) in [5.74, 6) is -0.812. The van der Waals surface area contributed by atoms with E-state index in [1.807, 2.05) is 31.2 Å². The molecule has 14 heavy (non-hydrogen) atoms. The van der Waals surface area contributed by atoms with Gasteiger partial charge in [0.15, 0.2) is 0 Å². The maximum Gasteiger partial charge on any atom is 0.326 e. The molecule has 3 heteroatoms. The van der Waals surface area contributed by atoms with Gasteiger partial charge in [0.25, 0.3) is 0 Å². The summed E-state index contributed by atoms with van der Waals surface area (Å²) in [6.45, 7) is 3.67. The minimum atomic E-state index is -0.812. The smallest absolute Gasteiger partial charge is 0.326 e. The molecule has 1 rings (SSSR count). The molecule has 1 N–H and O–H groups in total. The van der Waals surface area contributed by atoms with Crippen molar-refractivity contribution in [2.75, 3.05) is 11.9 Å². The summed E-state index contributed by atoms with van der Waals surface area (Å²) < 4.78 is 0. The van der Waals surface area contributed by atoms with Gasteiger partial charge in [-0.05, 0) is 26.0 Å². The first-order chi connectivity index (χ1) is 6.52. The van der Waals surface area contributed by atoms with E-state index >= 15 is 0 Å². The summed E-state index contributed by atoms with van der Waals surface area (Å²) >= 11 is 0. The van der Waals surface area contributed by atoms with Crippen LogP contribution in [0.15, 0.2) is 24.3 Å². The highest BCUT2D eigenvalue weighted by Gasteiger charge is 2.16. The molecular formula is C11H15NO2. The van der Waals surface area contributed by atoms with Crippen molar-refractivity contribution in [1.82, 2.24) is 0 Å². The van der Waals surface area contributed by atoms with Crippen LogP contribution < -0.4 is 4.90 Å². The number of likely N-dealkylation sites (N-methyl/N-ethyl adjacent to an activating group) is 1. The molecule has 76 valence electrons. The highest BCUT2D eigenvalue weighted by Crippen LogP contribution is 2.15. The second kappa shape index (κ2) is 4.13. The van der Waals surface area contributed by atoms with E-state index in [9.17, 15) is 4.79 Å². The van der Waals surface area contributed by atoms with Crippen LogP contribution in [-0.4, -0.2) is 24.2 Å². The first-order valence-corrected chi connectivity index (χ1v) is 4.54. The number of nitrogens with zero attached hydrogens (tertiary/aromatic N) is 1. The maximum absolute atomic E-state index is 10.7. The predicted octanol–water partition coefficient (Wildman–Crippen LogP) is 1.90. The van der Waals surface area contributed by atoms with Crippen LogP contribution in [0, 0.1) is 6.92 Å². The fourth-order valence-corrected chi connectivity index (χ4v) is 1.17. The second-order valence-corrected chi connectivity index (χ2v) is 3.46. The quantitative estimate of drug-likeness (QED) is 0.797. The third kappa shape index (κ3) is 2.25. The monoisotopic (exact) mass is 193 g/mol. The summed E-state index contributed by atoms with van der Waals surface area (Å²) in [6, 6.07) is 7.29. The van der Waals surface area contributed by atoms with Gasteiger partial charge in [0.2, 0.25) is 0 Å². The van der Waals surface area contributed by atoms with Crippen molar-refractivity contribution < 1.29 is 9.90 Å². The number of anilines is 1. The molecule has 0 amide bonds. The van der Waals surface area contributed by atoms with Crippen LogP contribution >= 0.6 is 0 Å². The molecule has 0 aliphatic rings. The first kappa shape index (κ1) is 10.6. The van der Waals surface area contributed by atoms with Crippen LogP contribution in [0.1, 0.15) is 12.5 Å². The van der Waals surface area contributed by atoms with E-state index in [1.54, 1.807) is 18.9 Å². The Morgan fingerprint density at radius 3 is 2.29 bits per heavy atom. The summed E-state index contributed by atoms with van der Waals surface area (Å²) in [4.78, 5) is 12.5. The molecule has 0 fully saturated rings. The van der Waals surface area contributed by atoms with Gasteiger partial charge in [-0.1, -0.05) is 17.7 Å². The van der Waals surface area contributed by atoms with Gasteiger partial charge in [0, 0.05) is 12.7 Å². The van der Waals surface area contributed by atoms with Crippen LogP contribution in [0.5, 0.6) is 0 Å². The van der Waals surface area contributed by atoms with Gasteiger partial charge in [0.1, 0.15) is 6.04 Å². The number of rotatable bonds is 3. The van der Waals surface area contributed by atoms with Gasteiger partial charge in [-0.3, -0.25) is 0 Å². The maximum atomic E-state index is 10.7. The summed E-state index contributed by atoms with van der Waals surface area (Å²) in [6.07, 6.45) is 0. The van der Waals surface area contributed by atoms with E-state index in [1.165, 1.54) is 5.56 Å². The predicted molar refractivity (Wildman–Crippen MR) is 56.7 cm³/mol. The molecule has 1 aromatic carbocycles. The summed E-state index contributed by atoms with van der Waals surface area (Å²) in [7, 11) is 1.78. The number of carbonyl (C=O) groups is 1. The van der Waals surface area contributed by atoms with Crippen molar-refractivity contribution in [2.24, 2.45) is 0 Å². The van der Waals surface area contributed by atoms with Crippen molar-refractivity contribution >= 4 is 11.7 Å². The molecule has 0 bridgehead atoms. The number of hydrogen-bond acceptors (Lipinski definition) is 2. The molecular weight excluding hydrogens is 178 g/mol. The van der Waals surface area contributed by atoms with Crippen LogP contribution in [0.2, 0.25) is 0 Å². The average Bonchev–Trinajstić information content (AvgIpc) is 2.16. The van der Waals surface area contributed by atoms with E-state index in [2.05, 4.69) is 0 Å². The second-order valence-electron chi connectivity index (χ2n) is 3.46. The Morgan fingerprint density at radius 1 is 1.36 bits per heavy atom. The standard InChI is InChI=1S/C11H15NO2/c1-8-4-6-10(7-5-8)12(3)9(2)11(13)14/h4-7,9H,1-3H3,(H,13,14)/t9-/m0/s1. The van der Waals surface area contributed by atoms with E-state index < -0.39 is 12.0 Å². The van der Waals surface area contributed by atoms with Crippen LogP contribution in [0.4, 0.5) is 5.69 Å². The highest BCUT2D eigenvalue weighted by atomic mass is 16.4. The number of benzene rings is 1. The van der Waals surface area contributed by atoms with E-state index in [4.69, 9.17) is 5.11 Å². The SMILES string of the molecule is Cc1ccc(N(C)[C@@H](C)C(=O)O)cc1. The minimum absolute atomic E-state index is 0.502. The van der Waals surface area contributed by atoms with Gasteiger partial charge in [0.05, 0.1) is 0 Å². The van der Waals surface area contributed by atoms with Gasteiger partial charge < -0.3 is 10.0 Å². The summed E-state index contributed by atoms with van der Waals surface area (Å²) in [5.41, 5.74) is 2.09. The zero-order valence-corrected chi connectivity index (χ0v) is 8.69. The average molecular weight is 193 g/mol. The lowest BCUT2D eigenvalue weighted by molar-refractivity contribution is -0.138. The van der Waals surface area contributed by atoms with Crippen molar-refractivity contribution in [3.8, 4) is 0 Å². The van der Waals surface area contributed by atoms with E-state index in [0.29, 0.717) is 0 Å². The normalized spacial score (nSPS) is 12.2. The Bertz CT molecular complexity index is 319. The molecule has 0 saturated heterocycles. The first-order valence-electron chi connectivity index (χ1n) is 4.54. The van der Waals surface area contributed by atoms with Crippen LogP contribution in [-0.2, 0) is 4.79 Å². The van der Waals surface area contributed by atoms with Crippen molar-refractivity contribution in [2.45, 2.75) is 19.9 Å². The fourth-order valence-electron chi connectivity index (χ4n) is 1.17. The number of aliphatic carboxylic acids is 1. The Kier molecular flexibility index (Phi) is 3.12. The van der Waals surface area contributed by atoms with E-state index in [-0.39, 0.29) is 0 Å². The van der Waals surface area contributed by atoms with Crippen LogP contribution in [0.3, 0.4) is 0 Å². The number of carboxylic acid groups (broad SMARTS) is 1. The minimum Gasteiger partial charge on any atom is -0.480 e. The van der Waals surface area contributed by atoms with Gasteiger partial charge in [-0.15, -0.1) is 0 Å². The number of aryl methyl sites for hydroxylation is 1. The molecule has 0 heterocycles. The molecule has 0 aliphatic heterocycles. The third-order valence-electron chi connectivity index (χ3n) is 2.38. The fraction of sp³-hybridized carbons (Fsp3) is 0.364. The molecule has 0 saturated carbocycles. The molecule has 0 aromatic heterocycles. The lowest BCUT2D eigenvalue weighted by atomic mass is 10.2. The van der Waals surface area contributed by atoms with Crippen molar-refractivity contribution in [3.05, 3.63) is 29.8 Å². The molecule has 0 radical (unpaired) electrons. The Labute approximate surface area is 84.0 Å². The third-order valence-corrected chi connectivity index (χ3v) is 2.38. The zero-order chi connectivity index (χ0) is 10.7. The molecule has 0 unspecified atom stereocenters. The zero-order valence-electron chi connectivity index (χ0n) is 8.69. The molecule has 0 spiro atoms. The van der Waals surface area contributed by atoms with Crippen molar-refractivity contribution in [3.63, 3.8) is 0 Å². The van der Waals surface area contributed by atoms with Crippen LogP contribution in [0.25, 0.3) is 0 Å². The largest absolute Gasteiger partial charge is 0.480 e. The lowest BCUT2D eigenvalue weighted by Gasteiger charge is -2.23. The topological polar surface area (TPSA) is 40.5 Å². The Balaban J connectivity index is 2.84. The molecule has 1 aromatic rings. The molecule has 0 aliphatic carbocycles. The highest BCUT2D eigenvalue weighted by molar-refractivity contribution is 5.77. The Hall–Kier alpha value is -1.51. The Morgan fingerprint density at radius 2 is 1.86 bits per heavy atom. The van der Waals surface area contributed by atoms with Gasteiger partial charge in [-0.2, -0.15) is 0 Å². The van der Waals surface area contributed by atoms with E-state index in [0.717, 1.165) is 5.69 Å². The van der Waals surface area contributed by atoms with Gasteiger partial charge in [-0.25, -0.2) is 4.79 Å². The summed E-state index contributed by atoms with van der Waals surface area (Å²) in [5, 5.41) is 8.83. The van der Waals surface area contributed by atoms with Gasteiger partial charge >= 0.3 is 5.97 Å². The lowest BCUT2D eigenvalue weighted by Crippen LogP contribution is -2.35. The number of hydrogen-bond donors (Lipinski definition) is 1.